The molecule has 0 radical (unpaired) electrons. The molecule has 1 unspecified atom stereocenters. The van der Waals surface area contributed by atoms with Gasteiger partial charge in [-0.2, -0.15) is 0 Å². The predicted molar refractivity (Wildman–Crippen MR) is 67.2 cm³/mol. The molecular formula is C14H12OS. The summed E-state index contributed by atoms with van der Waals surface area (Å²) in [4.78, 5) is 0.969. The molecule has 2 aromatic rings. The van der Waals surface area contributed by atoms with E-state index in [2.05, 4.69) is 11.8 Å². The molecule has 1 atom stereocenters. The molecule has 1 aromatic heterocycles. The highest BCUT2D eigenvalue weighted by Gasteiger charge is 2.18. The van der Waals surface area contributed by atoms with Crippen LogP contribution in [-0.4, -0.2) is 5.11 Å². The van der Waals surface area contributed by atoms with Gasteiger partial charge in [-0.25, -0.2) is 0 Å². The third kappa shape index (κ3) is 2.52. The van der Waals surface area contributed by atoms with Gasteiger partial charge in [0.2, 0.25) is 0 Å². The number of hydrogen-bond donors (Lipinski definition) is 1. The number of aliphatic hydroxyl groups is 1. The van der Waals surface area contributed by atoms with Crippen molar-refractivity contribution in [2.45, 2.75) is 12.5 Å². The van der Waals surface area contributed by atoms with Crippen LogP contribution in [0, 0.1) is 11.8 Å². The molecule has 0 saturated heterocycles. The van der Waals surface area contributed by atoms with Crippen LogP contribution in [0.3, 0.4) is 0 Å². The summed E-state index contributed by atoms with van der Waals surface area (Å²) < 4.78 is 0. The number of hydrogen-bond acceptors (Lipinski definition) is 2. The summed E-state index contributed by atoms with van der Waals surface area (Å²) in [6.07, 6.45) is 0. The zero-order valence-electron chi connectivity index (χ0n) is 8.97. The summed E-state index contributed by atoms with van der Waals surface area (Å²) in [5.74, 6) is 5.88. The van der Waals surface area contributed by atoms with Crippen LogP contribution in [-0.2, 0) is 5.60 Å². The van der Waals surface area contributed by atoms with Gasteiger partial charge in [-0.15, -0.1) is 11.3 Å². The first-order chi connectivity index (χ1) is 7.68. The van der Waals surface area contributed by atoms with Gasteiger partial charge < -0.3 is 5.11 Å². The third-order valence-corrected chi connectivity index (χ3v) is 3.07. The highest BCUT2D eigenvalue weighted by Crippen LogP contribution is 2.19. The van der Waals surface area contributed by atoms with Crippen molar-refractivity contribution in [1.82, 2.24) is 0 Å². The maximum absolute atomic E-state index is 10.2. The van der Waals surface area contributed by atoms with Gasteiger partial charge in [0.15, 0.2) is 0 Å². The molecule has 0 aliphatic rings. The van der Waals surface area contributed by atoms with Gasteiger partial charge in [0.1, 0.15) is 5.60 Å². The average molecular weight is 228 g/mol. The Labute approximate surface area is 99.4 Å². The maximum Gasteiger partial charge on any atom is 0.148 e. The summed E-state index contributed by atoms with van der Waals surface area (Å²) in [6, 6.07) is 13.4. The Bertz CT molecular complexity index is 501. The van der Waals surface area contributed by atoms with E-state index < -0.39 is 5.60 Å². The van der Waals surface area contributed by atoms with E-state index in [1.165, 1.54) is 0 Å². The fourth-order valence-electron chi connectivity index (χ4n) is 1.37. The fraction of sp³-hybridized carbons (Fsp3) is 0.143. The molecule has 1 aromatic carbocycles. The van der Waals surface area contributed by atoms with Gasteiger partial charge in [0.25, 0.3) is 0 Å². The van der Waals surface area contributed by atoms with E-state index >= 15 is 0 Å². The molecule has 1 nitrogen and oxygen atoms in total. The fourth-order valence-corrected chi connectivity index (χ4v) is 1.94. The van der Waals surface area contributed by atoms with E-state index in [1.54, 1.807) is 18.3 Å². The molecular weight excluding hydrogens is 216 g/mol. The van der Waals surface area contributed by atoms with Crippen molar-refractivity contribution in [3.05, 3.63) is 58.3 Å². The minimum absolute atomic E-state index is 0.819. The standard InChI is InChI=1S/C14H12OS/c1-14(15,12-6-3-2-4-7-12)10-9-13-8-5-11-16-13/h2-8,11,15H,1H3. The summed E-state index contributed by atoms with van der Waals surface area (Å²) in [5.41, 5.74) is -0.273. The summed E-state index contributed by atoms with van der Waals surface area (Å²) in [5, 5.41) is 12.2. The largest absolute Gasteiger partial charge is 0.374 e. The normalized spacial score (nSPS) is 13.6. The van der Waals surface area contributed by atoms with Crippen LogP contribution in [0.1, 0.15) is 17.4 Å². The minimum Gasteiger partial charge on any atom is -0.374 e. The molecule has 0 amide bonds. The quantitative estimate of drug-likeness (QED) is 0.744. The molecule has 0 aliphatic carbocycles. The lowest BCUT2D eigenvalue weighted by Gasteiger charge is -2.16. The average Bonchev–Trinajstić information content (AvgIpc) is 2.81. The van der Waals surface area contributed by atoms with Crippen LogP contribution in [0.5, 0.6) is 0 Å². The van der Waals surface area contributed by atoms with Crippen LogP contribution >= 0.6 is 11.3 Å². The van der Waals surface area contributed by atoms with Gasteiger partial charge >= 0.3 is 0 Å². The van der Waals surface area contributed by atoms with Crippen LogP contribution < -0.4 is 0 Å². The van der Waals surface area contributed by atoms with Crippen molar-refractivity contribution in [3.63, 3.8) is 0 Å². The van der Waals surface area contributed by atoms with Crippen LogP contribution in [0.25, 0.3) is 0 Å². The molecule has 16 heavy (non-hydrogen) atoms. The molecule has 2 heteroatoms. The molecule has 2 rings (SSSR count). The Balaban J connectivity index is 2.27. The smallest absolute Gasteiger partial charge is 0.148 e. The van der Waals surface area contributed by atoms with Crippen LogP contribution in [0.2, 0.25) is 0 Å². The Hall–Kier alpha value is -1.56. The van der Waals surface area contributed by atoms with Crippen molar-refractivity contribution < 1.29 is 5.11 Å². The number of rotatable bonds is 1. The van der Waals surface area contributed by atoms with Crippen molar-refractivity contribution >= 4 is 11.3 Å². The molecule has 0 spiro atoms. The van der Waals surface area contributed by atoms with E-state index in [0.717, 1.165) is 10.4 Å². The number of benzene rings is 1. The SMILES string of the molecule is CC(O)(C#Cc1cccs1)c1ccccc1. The van der Waals surface area contributed by atoms with Crippen LogP contribution in [0.4, 0.5) is 0 Å². The van der Waals surface area contributed by atoms with E-state index in [0.29, 0.717) is 0 Å². The Morgan fingerprint density at radius 3 is 2.50 bits per heavy atom. The van der Waals surface area contributed by atoms with Gasteiger partial charge in [-0.05, 0) is 23.9 Å². The van der Waals surface area contributed by atoms with Gasteiger partial charge in [0, 0.05) is 0 Å². The molecule has 0 aliphatic heterocycles. The summed E-state index contributed by atoms with van der Waals surface area (Å²) in [6.45, 7) is 1.71. The highest BCUT2D eigenvalue weighted by atomic mass is 32.1. The lowest BCUT2D eigenvalue weighted by Crippen LogP contribution is -2.18. The number of thiophene rings is 1. The Morgan fingerprint density at radius 2 is 1.88 bits per heavy atom. The lowest BCUT2D eigenvalue weighted by molar-refractivity contribution is 0.122. The van der Waals surface area contributed by atoms with Gasteiger partial charge in [0.05, 0.1) is 4.88 Å². The molecule has 1 N–H and O–H groups in total. The van der Waals surface area contributed by atoms with E-state index in [9.17, 15) is 5.11 Å². The molecule has 0 bridgehead atoms. The van der Waals surface area contributed by atoms with E-state index in [4.69, 9.17) is 0 Å². The van der Waals surface area contributed by atoms with E-state index in [1.807, 2.05) is 47.8 Å². The first-order valence-corrected chi connectivity index (χ1v) is 5.91. The monoisotopic (exact) mass is 228 g/mol. The maximum atomic E-state index is 10.2. The Morgan fingerprint density at radius 1 is 1.12 bits per heavy atom. The van der Waals surface area contributed by atoms with Crippen molar-refractivity contribution in [2.24, 2.45) is 0 Å². The molecule has 0 fully saturated rings. The van der Waals surface area contributed by atoms with Gasteiger partial charge in [-0.1, -0.05) is 48.2 Å². The second kappa shape index (κ2) is 4.52. The van der Waals surface area contributed by atoms with Gasteiger partial charge in [-0.3, -0.25) is 0 Å². The Kier molecular flexibility index (Phi) is 3.09. The van der Waals surface area contributed by atoms with Crippen LogP contribution in [0.15, 0.2) is 47.8 Å². The summed E-state index contributed by atoms with van der Waals surface area (Å²) >= 11 is 1.57. The molecule has 80 valence electrons. The van der Waals surface area contributed by atoms with E-state index in [-0.39, 0.29) is 0 Å². The molecule has 1 heterocycles. The predicted octanol–water partition coefficient (Wildman–Crippen LogP) is 3.01. The lowest BCUT2D eigenvalue weighted by atomic mass is 9.97. The first-order valence-electron chi connectivity index (χ1n) is 5.03. The summed E-state index contributed by atoms with van der Waals surface area (Å²) in [7, 11) is 0. The van der Waals surface area contributed by atoms with Crippen molar-refractivity contribution in [2.75, 3.05) is 0 Å². The first kappa shape index (κ1) is 10.9. The molecule has 0 saturated carbocycles. The highest BCUT2D eigenvalue weighted by molar-refractivity contribution is 7.10. The van der Waals surface area contributed by atoms with Crippen molar-refractivity contribution in [3.8, 4) is 11.8 Å². The topological polar surface area (TPSA) is 20.2 Å². The third-order valence-electron chi connectivity index (χ3n) is 2.29. The zero-order valence-corrected chi connectivity index (χ0v) is 9.79. The second-order valence-electron chi connectivity index (χ2n) is 3.67. The minimum atomic E-state index is -1.09. The zero-order chi connectivity index (χ0) is 11.4. The second-order valence-corrected chi connectivity index (χ2v) is 4.61. The van der Waals surface area contributed by atoms with Crippen molar-refractivity contribution in [1.29, 1.82) is 0 Å².